The van der Waals surface area contributed by atoms with Crippen molar-refractivity contribution in [1.29, 1.82) is 0 Å². The predicted molar refractivity (Wildman–Crippen MR) is 83.3 cm³/mol. The summed E-state index contributed by atoms with van der Waals surface area (Å²) in [7, 11) is 2.17. The molecule has 0 amide bonds. The third-order valence-corrected chi connectivity index (χ3v) is 2.76. The number of piperazine rings is 1. The standard InChI is InChI=1S/C11H17N3.2C2H6/c1-13-6-8-14(9-7-13)11-4-2-10(12)3-5-11;2*1-2/h2-5H,6-9,12H2,1H3;2*1-2H3. The van der Waals surface area contributed by atoms with Crippen LogP contribution in [0.25, 0.3) is 0 Å². The van der Waals surface area contributed by atoms with E-state index in [2.05, 4.69) is 29.0 Å². The van der Waals surface area contributed by atoms with Gasteiger partial charge in [-0.1, -0.05) is 27.7 Å². The Morgan fingerprint density at radius 3 is 1.72 bits per heavy atom. The average molecular weight is 251 g/mol. The van der Waals surface area contributed by atoms with Gasteiger partial charge in [-0.25, -0.2) is 0 Å². The molecule has 2 rings (SSSR count). The molecular weight excluding hydrogens is 222 g/mol. The van der Waals surface area contributed by atoms with Crippen molar-refractivity contribution in [1.82, 2.24) is 4.90 Å². The molecule has 0 radical (unpaired) electrons. The van der Waals surface area contributed by atoms with Gasteiger partial charge >= 0.3 is 0 Å². The molecule has 1 saturated heterocycles. The summed E-state index contributed by atoms with van der Waals surface area (Å²) in [5.41, 5.74) is 7.77. The highest BCUT2D eigenvalue weighted by Crippen LogP contribution is 2.17. The first-order chi connectivity index (χ1) is 8.75. The quantitative estimate of drug-likeness (QED) is 0.779. The fraction of sp³-hybridized carbons (Fsp3) is 0.600. The number of rotatable bonds is 1. The van der Waals surface area contributed by atoms with Crippen LogP contribution < -0.4 is 10.6 Å². The van der Waals surface area contributed by atoms with E-state index in [1.54, 1.807) is 0 Å². The normalized spacial score (nSPS) is 15.1. The summed E-state index contributed by atoms with van der Waals surface area (Å²) in [6.45, 7) is 12.5. The number of benzene rings is 1. The Kier molecular flexibility index (Phi) is 9.11. The predicted octanol–water partition coefficient (Wildman–Crippen LogP) is 3.07. The minimum atomic E-state index is 0.836. The van der Waals surface area contributed by atoms with Gasteiger partial charge in [0.1, 0.15) is 0 Å². The fourth-order valence-corrected chi connectivity index (χ4v) is 1.75. The fourth-order valence-electron chi connectivity index (χ4n) is 1.75. The molecule has 1 heterocycles. The Morgan fingerprint density at radius 1 is 0.833 bits per heavy atom. The summed E-state index contributed by atoms with van der Waals surface area (Å²) in [5.74, 6) is 0. The smallest absolute Gasteiger partial charge is 0.0368 e. The van der Waals surface area contributed by atoms with Crippen molar-refractivity contribution in [3.8, 4) is 0 Å². The Morgan fingerprint density at radius 2 is 1.28 bits per heavy atom. The molecule has 0 unspecified atom stereocenters. The van der Waals surface area contributed by atoms with E-state index in [1.165, 1.54) is 5.69 Å². The van der Waals surface area contributed by atoms with E-state index in [4.69, 9.17) is 5.73 Å². The maximum Gasteiger partial charge on any atom is 0.0368 e. The Balaban J connectivity index is 0.000000659. The lowest BCUT2D eigenvalue weighted by atomic mass is 10.2. The SMILES string of the molecule is CC.CC.CN1CCN(c2ccc(N)cc2)CC1. The van der Waals surface area contributed by atoms with E-state index in [9.17, 15) is 0 Å². The highest BCUT2D eigenvalue weighted by molar-refractivity contribution is 5.53. The van der Waals surface area contributed by atoms with Crippen LogP contribution in [0.1, 0.15) is 27.7 Å². The molecule has 3 heteroatoms. The number of hydrogen-bond acceptors (Lipinski definition) is 3. The second kappa shape index (κ2) is 9.77. The number of nitrogens with zero attached hydrogens (tertiary/aromatic N) is 2. The lowest BCUT2D eigenvalue weighted by molar-refractivity contribution is 0.313. The van der Waals surface area contributed by atoms with E-state index in [1.807, 2.05) is 39.8 Å². The molecule has 0 saturated carbocycles. The maximum absolute atomic E-state index is 5.65. The number of nitrogens with two attached hydrogens (primary N) is 1. The first-order valence-corrected chi connectivity index (χ1v) is 7.05. The summed E-state index contributed by atoms with van der Waals surface area (Å²) in [5, 5.41) is 0. The van der Waals surface area contributed by atoms with Crippen molar-refractivity contribution in [2.24, 2.45) is 0 Å². The lowest BCUT2D eigenvalue weighted by Crippen LogP contribution is -2.44. The number of hydrogen-bond donors (Lipinski definition) is 1. The maximum atomic E-state index is 5.65. The molecule has 0 aromatic heterocycles. The van der Waals surface area contributed by atoms with Crippen molar-refractivity contribution < 1.29 is 0 Å². The number of anilines is 2. The van der Waals surface area contributed by atoms with Gasteiger partial charge in [-0.3, -0.25) is 0 Å². The second-order valence-electron chi connectivity index (χ2n) is 3.88. The van der Waals surface area contributed by atoms with Crippen LogP contribution >= 0.6 is 0 Å². The molecule has 0 spiro atoms. The van der Waals surface area contributed by atoms with Gasteiger partial charge in [0.05, 0.1) is 0 Å². The molecule has 3 nitrogen and oxygen atoms in total. The van der Waals surface area contributed by atoms with Crippen molar-refractivity contribution in [3.05, 3.63) is 24.3 Å². The first kappa shape index (κ1) is 16.8. The van der Waals surface area contributed by atoms with Gasteiger partial charge in [0.2, 0.25) is 0 Å². The van der Waals surface area contributed by atoms with Crippen LogP contribution in [0, 0.1) is 0 Å². The lowest BCUT2D eigenvalue weighted by Gasteiger charge is -2.34. The monoisotopic (exact) mass is 251 g/mol. The largest absolute Gasteiger partial charge is 0.399 e. The molecular formula is C15H29N3. The molecule has 1 aliphatic rings. The average Bonchev–Trinajstić information content (AvgIpc) is 2.45. The first-order valence-electron chi connectivity index (χ1n) is 7.05. The van der Waals surface area contributed by atoms with Crippen molar-refractivity contribution in [2.75, 3.05) is 43.9 Å². The second-order valence-corrected chi connectivity index (χ2v) is 3.88. The Bertz CT molecular complexity index is 287. The summed E-state index contributed by atoms with van der Waals surface area (Å²) < 4.78 is 0. The highest BCUT2D eigenvalue weighted by Gasteiger charge is 2.13. The van der Waals surface area contributed by atoms with E-state index >= 15 is 0 Å². The zero-order chi connectivity index (χ0) is 14.0. The van der Waals surface area contributed by atoms with Crippen LogP contribution in [0.2, 0.25) is 0 Å². The molecule has 104 valence electrons. The van der Waals surface area contributed by atoms with E-state index < -0.39 is 0 Å². The van der Waals surface area contributed by atoms with E-state index in [0.717, 1.165) is 31.9 Å². The van der Waals surface area contributed by atoms with Crippen LogP contribution in [-0.4, -0.2) is 38.1 Å². The van der Waals surface area contributed by atoms with Crippen LogP contribution in [0.4, 0.5) is 11.4 Å². The van der Waals surface area contributed by atoms with Crippen molar-refractivity contribution >= 4 is 11.4 Å². The molecule has 1 aliphatic heterocycles. The molecule has 2 N–H and O–H groups in total. The highest BCUT2D eigenvalue weighted by atomic mass is 15.2. The van der Waals surface area contributed by atoms with E-state index in [-0.39, 0.29) is 0 Å². The molecule has 0 atom stereocenters. The van der Waals surface area contributed by atoms with Crippen LogP contribution in [0.15, 0.2) is 24.3 Å². The number of likely N-dealkylation sites (N-methyl/N-ethyl adjacent to an activating group) is 1. The third kappa shape index (κ3) is 5.41. The Hall–Kier alpha value is -1.22. The van der Waals surface area contributed by atoms with Gasteiger partial charge in [0.25, 0.3) is 0 Å². The van der Waals surface area contributed by atoms with Gasteiger partial charge in [0, 0.05) is 37.6 Å². The van der Waals surface area contributed by atoms with Crippen LogP contribution in [0.5, 0.6) is 0 Å². The summed E-state index contributed by atoms with van der Waals surface area (Å²) in [4.78, 5) is 4.76. The zero-order valence-electron chi connectivity index (χ0n) is 12.6. The summed E-state index contributed by atoms with van der Waals surface area (Å²) in [6.07, 6.45) is 0. The molecule has 1 aromatic rings. The third-order valence-electron chi connectivity index (χ3n) is 2.76. The summed E-state index contributed by atoms with van der Waals surface area (Å²) >= 11 is 0. The minimum absolute atomic E-state index is 0.836. The topological polar surface area (TPSA) is 32.5 Å². The van der Waals surface area contributed by atoms with Crippen molar-refractivity contribution in [2.45, 2.75) is 27.7 Å². The van der Waals surface area contributed by atoms with Gasteiger partial charge in [-0.2, -0.15) is 0 Å². The van der Waals surface area contributed by atoms with Gasteiger partial charge in [-0.05, 0) is 31.3 Å². The Labute approximate surface area is 113 Å². The summed E-state index contributed by atoms with van der Waals surface area (Å²) in [6, 6.07) is 8.13. The molecule has 1 aromatic carbocycles. The molecule has 18 heavy (non-hydrogen) atoms. The zero-order valence-corrected chi connectivity index (χ0v) is 12.6. The van der Waals surface area contributed by atoms with Crippen LogP contribution in [-0.2, 0) is 0 Å². The molecule has 0 aliphatic carbocycles. The molecule has 0 bridgehead atoms. The van der Waals surface area contributed by atoms with Gasteiger partial charge in [-0.15, -0.1) is 0 Å². The van der Waals surface area contributed by atoms with Crippen molar-refractivity contribution in [3.63, 3.8) is 0 Å². The minimum Gasteiger partial charge on any atom is -0.399 e. The van der Waals surface area contributed by atoms with Gasteiger partial charge < -0.3 is 15.5 Å². The molecule has 1 fully saturated rings. The van der Waals surface area contributed by atoms with Crippen LogP contribution in [0.3, 0.4) is 0 Å². The number of nitrogen functional groups attached to an aromatic ring is 1. The van der Waals surface area contributed by atoms with Gasteiger partial charge in [0.15, 0.2) is 0 Å². The van der Waals surface area contributed by atoms with E-state index in [0.29, 0.717) is 0 Å².